The lowest BCUT2D eigenvalue weighted by atomic mass is 9.97. The number of aliphatic hydroxyl groups is 1. The van der Waals surface area contributed by atoms with E-state index in [0.29, 0.717) is 56.2 Å². The van der Waals surface area contributed by atoms with Crippen LogP contribution in [0.25, 0.3) is 0 Å². The summed E-state index contributed by atoms with van der Waals surface area (Å²) >= 11 is 0. The fraction of sp³-hybridized carbons (Fsp3) is 0.735. The third-order valence-corrected chi connectivity index (χ3v) is 8.51. The summed E-state index contributed by atoms with van der Waals surface area (Å²) in [6.07, 6.45) is 7.44. The van der Waals surface area contributed by atoms with Crippen LogP contribution in [0.4, 0.5) is 0 Å². The predicted molar refractivity (Wildman–Crippen MR) is 180 cm³/mol. The van der Waals surface area contributed by atoms with Crippen molar-refractivity contribution < 1.29 is 24.3 Å². The van der Waals surface area contributed by atoms with Crippen LogP contribution in [0.3, 0.4) is 0 Å². The molecule has 1 aliphatic rings. The molecule has 0 spiro atoms. The summed E-state index contributed by atoms with van der Waals surface area (Å²) in [6.45, 7) is 14.5. The summed E-state index contributed by atoms with van der Waals surface area (Å²) in [5.74, 6) is -0.482. The number of carbonyl (C=O) groups excluding carboxylic acids is 4. The van der Waals surface area contributed by atoms with E-state index in [1.54, 1.807) is 19.1 Å². The van der Waals surface area contributed by atoms with Crippen molar-refractivity contribution in [3.8, 4) is 0 Å². The lowest BCUT2D eigenvalue weighted by Crippen LogP contribution is -2.59. The number of hydrogen-bond donors (Lipinski definition) is 7. The quantitative estimate of drug-likeness (QED) is 0.0941. The number of pyridine rings is 1. The van der Waals surface area contributed by atoms with Crippen molar-refractivity contribution in [3.63, 3.8) is 0 Å². The maximum atomic E-state index is 13.5. The van der Waals surface area contributed by atoms with E-state index in [1.165, 1.54) is 12.4 Å². The molecule has 1 aliphatic carbocycles. The summed E-state index contributed by atoms with van der Waals surface area (Å²) < 4.78 is 0. The monoisotopic (exact) mass is 645 g/mol. The number of hydrogen-bond acceptors (Lipinski definition) is 8. The highest BCUT2D eigenvalue weighted by Gasteiger charge is 2.33. The van der Waals surface area contributed by atoms with Gasteiger partial charge in [-0.2, -0.15) is 0 Å². The Hall–Kier alpha value is -3.09. The van der Waals surface area contributed by atoms with Gasteiger partial charge in [-0.1, -0.05) is 60.3 Å². The second-order valence-corrected chi connectivity index (χ2v) is 13.2. The Morgan fingerprint density at radius 3 is 2.17 bits per heavy atom. The van der Waals surface area contributed by atoms with E-state index in [2.05, 4.69) is 50.7 Å². The van der Waals surface area contributed by atoms with Crippen LogP contribution in [-0.2, 0) is 14.4 Å². The SMILES string of the molecule is CCC[C@H](NC(=O)[C@@H](NC(=O)c1ccncc1)[C@@H](C)CC)C(O)N[C@H](CN[C@@H](C)C(=O)N[C@@H](CC1CC1)C(=O)NCC)CC(C)C. The zero-order valence-corrected chi connectivity index (χ0v) is 28.9. The molecule has 1 unspecified atom stereocenters. The van der Waals surface area contributed by atoms with Crippen molar-refractivity contribution >= 4 is 23.6 Å². The molecule has 1 saturated carbocycles. The molecule has 7 N–H and O–H groups in total. The molecule has 46 heavy (non-hydrogen) atoms. The molecule has 0 aliphatic heterocycles. The molecule has 260 valence electrons. The average molecular weight is 646 g/mol. The number of amides is 4. The van der Waals surface area contributed by atoms with Gasteiger partial charge in [0.15, 0.2) is 0 Å². The molecule has 1 aromatic rings. The Morgan fingerprint density at radius 1 is 0.935 bits per heavy atom. The van der Waals surface area contributed by atoms with Gasteiger partial charge in [-0.15, -0.1) is 0 Å². The maximum absolute atomic E-state index is 13.5. The van der Waals surface area contributed by atoms with Gasteiger partial charge in [0, 0.05) is 37.1 Å². The van der Waals surface area contributed by atoms with Crippen molar-refractivity contribution in [2.45, 2.75) is 130 Å². The van der Waals surface area contributed by atoms with Crippen LogP contribution in [-0.4, -0.2) is 83.2 Å². The van der Waals surface area contributed by atoms with E-state index >= 15 is 0 Å². The number of aromatic nitrogens is 1. The third-order valence-electron chi connectivity index (χ3n) is 8.51. The number of nitrogens with zero attached hydrogens (tertiary/aromatic N) is 1. The molecule has 12 nitrogen and oxygen atoms in total. The van der Waals surface area contributed by atoms with E-state index < -0.39 is 30.4 Å². The fourth-order valence-electron chi connectivity index (χ4n) is 5.38. The van der Waals surface area contributed by atoms with Crippen molar-refractivity contribution in [1.29, 1.82) is 0 Å². The van der Waals surface area contributed by atoms with Crippen LogP contribution in [0.2, 0.25) is 0 Å². The first-order valence-electron chi connectivity index (χ1n) is 17.2. The molecule has 0 bridgehead atoms. The Labute approximate surface area is 275 Å². The molecule has 1 heterocycles. The second-order valence-electron chi connectivity index (χ2n) is 13.2. The molecular weight excluding hydrogens is 586 g/mol. The predicted octanol–water partition coefficient (Wildman–Crippen LogP) is 2.23. The molecule has 12 heteroatoms. The van der Waals surface area contributed by atoms with Gasteiger partial charge in [-0.25, -0.2) is 0 Å². The molecule has 0 saturated heterocycles. The summed E-state index contributed by atoms with van der Waals surface area (Å²) in [5.41, 5.74) is 0.414. The van der Waals surface area contributed by atoms with Crippen molar-refractivity contribution in [3.05, 3.63) is 30.1 Å². The first-order chi connectivity index (χ1) is 21.9. The zero-order valence-electron chi connectivity index (χ0n) is 28.9. The minimum atomic E-state index is -1.06. The smallest absolute Gasteiger partial charge is 0.252 e. The van der Waals surface area contributed by atoms with Crippen LogP contribution < -0.4 is 31.9 Å². The Kier molecular flexibility index (Phi) is 17.2. The average Bonchev–Trinajstić information content (AvgIpc) is 3.85. The van der Waals surface area contributed by atoms with Gasteiger partial charge in [-0.3, -0.25) is 29.5 Å². The zero-order chi connectivity index (χ0) is 34.2. The van der Waals surface area contributed by atoms with Crippen molar-refractivity contribution in [2.24, 2.45) is 17.8 Å². The van der Waals surface area contributed by atoms with E-state index in [0.717, 1.165) is 19.3 Å². The summed E-state index contributed by atoms with van der Waals surface area (Å²) in [5, 5.41) is 29.5. The van der Waals surface area contributed by atoms with Crippen LogP contribution in [0.5, 0.6) is 0 Å². The Balaban J connectivity index is 2.04. The minimum Gasteiger partial charge on any atom is -0.376 e. The molecule has 4 amide bonds. The summed E-state index contributed by atoms with van der Waals surface area (Å²) in [4.78, 5) is 56.0. The second kappa shape index (κ2) is 20.2. The Morgan fingerprint density at radius 2 is 1.61 bits per heavy atom. The molecule has 7 atom stereocenters. The van der Waals surface area contributed by atoms with Crippen LogP contribution >= 0.6 is 0 Å². The van der Waals surface area contributed by atoms with Gasteiger partial charge in [-0.05, 0) is 63.0 Å². The van der Waals surface area contributed by atoms with Crippen LogP contribution in [0.1, 0.15) is 104 Å². The van der Waals surface area contributed by atoms with E-state index in [4.69, 9.17) is 0 Å². The number of carbonyl (C=O) groups is 4. The van der Waals surface area contributed by atoms with Crippen LogP contribution in [0.15, 0.2) is 24.5 Å². The summed E-state index contributed by atoms with van der Waals surface area (Å²) in [7, 11) is 0. The maximum Gasteiger partial charge on any atom is 0.252 e. The molecule has 1 fully saturated rings. The van der Waals surface area contributed by atoms with Gasteiger partial charge in [0.1, 0.15) is 18.3 Å². The highest BCUT2D eigenvalue weighted by atomic mass is 16.3. The van der Waals surface area contributed by atoms with Crippen molar-refractivity contribution in [2.75, 3.05) is 13.1 Å². The summed E-state index contributed by atoms with van der Waals surface area (Å²) in [6, 6.07) is 0.489. The standard InChI is InChI=1S/C34H59N7O5/c1-8-11-27(39-34(46)29(22(6)9-2)41-31(43)25-14-16-35-17-15-25)33(45)38-26(18-21(4)5)20-37-23(7)30(42)40-28(19-24-12-13-24)32(44)36-10-3/h14-17,21-24,26-29,33,37-38,45H,8-13,18-20H2,1-7H3,(H,36,44)(H,39,46)(H,40,42)(H,41,43)/t22-,23-,26-,27-,28-,29-,33?/m0/s1. The molecule has 1 aromatic heterocycles. The van der Waals surface area contributed by atoms with Gasteiger partial charge >= 0.3 is 0 Å². The first-order valence-corrected chi connectivity index (χ1v) is 17.2. The van der Waals surface area contributed by atoms with Gasteiger partial charge in [0.05, 0.1) is 12.1 Å². The molecule has 2 rings (SSSR count). The van der Waals surface area contributed by atoms with E-state index in [-0.39, 0.29) is 35.6 Å². The molecule has 0 aromatic carbocycles. The normalized spacial score (nSPS) is 17.6. The van der Waals surface area contributed by atoms with E-state index in [9.17, 15) is 24.3 Å². The van der Waals surface area contributed by atoms with Gasteiger partial charge in [0.2, 0.25) is 17.7 Å². The lowest BCUT2D eigenvalue weighted by Gasteiger charge is -2.32. The molecular formula is C34H59N7O5. The minimum absolute atomic E-state index is 0.138. The molecule has 0 radical (unpaired) electrons. The third kappa shape index (κ3) is 13.7. The number of nitrogens with one attached hydrogen (secondary N) is 6. The van der Waals surface area contributed by atoms with Crippen LogP contribution in [0, 0.1) is 17.8 Å². The number of rotatable bonds is 22. The van der Waals surface area contributed by atoms with Crippen molar-refractivity contribution in [1.82, 2.24) is 36.9 Å². The Bertz CT molecular complexity index is 1080. The highest BCUT2D eigenvalue weighted by Crippen LogP contribution is 2.33. The highest BCUT2D eigenvalue weighted by molar-refractivity contribution is 5.97. The largest absolute Gasteiger partial charge is 0.376 e. The first kappa shape index (κ1) is 39.1. The van der Waals surface area contributed by atoms with Gasteiger partial charge < -0.3 is 31.7 Å². The number of likely N-dealkylation sites (N-methyl/N-ethyl adjacent to an activating group) is 1. The lowest BCUT2D eigenvalue weighted by molar-refractivity contribution is -0.130. The van der Waals surface area contributed by atoms with Gasteiger partial charge in [0.25, 0.3) is 5.91 Å². The fourth-order valence-corrected chi connectivity index (χ4v) is 5.38. The van der Waals surface area contributed by atoms with E-state index in [1.807, 2.05) is 27.7 Å². The number of aliphatic hydroxyl groups excluding tert-OH is 1. The topological polar surface area (TPSA) is 174 Å².